The third kappa shape index (κ3) is 4.00. The maximum absolute atomic E-state index is 13.1. The van der Waals surface area contributed by atoms with Crippen LogP contribution in [0.2, 0.25) is 0 Å². The summed E-state index contributed by atoms with van der Waals surface area (Å²) in [5, 5.41) is 3.79. The molecule has 7 heteroatoms. The maximum atomic E-state index is 13.1. The number of anilines is 2. The van der Waals surface area contributed by atoms with E-state index in [9.17, 15) is 9.59 Å². The molecule has 0 bridgehead atoms. The smallest absolute Gasteiger partial charge is 0.267 e. The Balaban J connectivity index is 1.65. The zero-order valence-electron chi connectivity index (χ0n) is 16.1. The molecule has 0 spiro atoms. The summed E-state index contributed by atoms with van der Waals surface area (Å²) in [6, 6.07) is 15.0. The van der Waals surface area contributed by atoms with Crippen molar-refractivity contribution in [3.05, 3.63) is 64.7 Å². The Morgan fingerprint density at radius 3 is 2.52 bits per heavy atom. The van der Waals surface area contributed by atoms with Gasteiger partial charge in [0.1, 0.15) is 9.88 Å². The van der Waals surface area contributed by atoms with Crippen LogP contribution in [0.1, 0.15) is 38.6 Å². The van der Waals surface area contributed by atoms with Gasteiger partial charge in [-0.1, -0.05) is 30.3 Å². The van der Waals surface area contributed by atoms with Gasteiger partial charge >= 0.3 is 0 Å². The Kier molecular flexibility index (Phi) is 5.31. The van der Waals surface area contributed by atoms with E-state index in [4.69, 9.17) is 5.73 Å². The number of carbonyl (C=O) groups is 2. The molecular formula is C22H22N4O2S. The quantitative estimate of drug-likeness (QED) is 0.668. The summed E-state index contributed by atoms with van der Waals surface area (Å²) in [4.78, 5) is 32.0. The van der Waals surface area contributed by atoms with E-state index in [1.54, 1.807) is 12.1 Å². The lowest BCUT2D eigenvalue weighted by Crippen LogP contribution is -2.22. The van der Waals surface area contributed by atoms with E-state index in [-0.39, 0.29) is 5.91 Å². The molecular weight excluding hydrogens is 384 g/mol. The molecule has 2 aromatic carbocycles. The van der Waals surface area contributed by atoms with Crippen molar-refractivity contribution in [1.82, 2.24) is 4.98 Å². The Bertz CT molecular complexity index is 1060. The number of amides is 2. The van der Waals surface area contributed by atoms with Gasteiger partial charge in [0.2, 0.25) is 5.91 Å². The van der Waals surface area contributed by atoms with E-state index in [1.807, 2.05) is 43.3 Å². The number of hydrogen-bond donors (Lipinski definition) is 2. The first-order chi connectivity index (χ1) is 14.0. The molecule has 148 valence electrons. The van der Waals surface area contributed by atoms with Gasteiger partial charge < -0.3 is 16.0 Å². The van der Waals surface area contributed by atoms with Gasteiger partial charge in [-0.15, -0.1) is 11.3 Å². The highest BCUT2D eigenvalue weighted by Crippen LogP contribution is 2.32. The fourth-order valence-corrected chi connectivity index (χ4v) is 4.48. The van der Waals surface area contributed by atoms with Crippen LogP contribution in [0.25, 0.3) is 10.6 Å². The minimum absolute atomic E-state index is 0.232. The molecule has 0 atom stereocenters. The van der Waals surface area contributed by atoms with Crippen LogP contribution in [0.5, 0.6) is 0 Å². The van der Waals surface area contributed by atoms with Crippen molar-refractivity contribution in [2.24, 2.45) is 5.73 Å². The monoisotopic (exact) mass is 406 g/mol. The van der Waals surface area contributed by atoms with Crippen LogP contribution in [0.4, 0.5) is 11.4 Å². The number of rotatable bonds is 5. The predicted octanol–water partition coefficient (Wildman–Crippen LogP) is 4.07. The van der Waals surface area contributed by atoms with Gasteiger partial charge in [-0.05, 0) is 38.0 Å². The van der Waals surface area contributed by atoms with Crippen LogP contribution in [-0.2, 0) is 0 Å². The van der Waals surface area contributed by atoms with Gasteiger partial charge in [-0.25, -0.2) is 4.98 Å². The van der Waals surface area contributed by atoms with E-state index >= 15 is 0 Å². The topological polar surface area (TPSA) is 88.3 Å². The van der Waals surface area contributed by atoms with Gasteiger partial charge in [0.05, 0.1) is 17.1 Å². The first-order valence-electron chi connectivity index (χ1n) is 9.56. The molecule has 1 saturated heterocycles. The van der Waals surface area contributed by atoms with Crippen LogP contribution in [0, 0.1) is 6.92 Å². The van der Waals surface area contributed by atoms with Crippen LogP contribution in [0.3, 0.4) is 0 Å². The zero-order valence-corrected chi connectivity index (χ0v) is 17.0. The van der Waals surface area contributed by atoms with E-state index in [2.05, 4.69) is 15.2 Å². The lowest BCUT2D eigenvalue weighted by Gasteiger charge is -2.22. The molecule has 2 amide bonds. The Hall–Kier alpha value is -3.19. The number of aryl methyl sites for hydroxylation is 1. The number of nitrogens with two attached hydrogens (primary N) is 1. The van der Waals surface area contributed by atoms with Crippen molar-refractivity contribution in [1.29, 1.82) is 0 Å². The summed E-state index contributed by atoms with van der Waals surface area (Å²) in [6.07, 6.45) is 2.22. The summed E-state index contributed by atoms with van der Waals surface area (Å²) < 4.78 is 0. The molecule has 0 saturated carbocycles. The number of nitrogens with one attached hydrogen (secondary N) is 1. The molecule has 1 aromatic heterocycles. The summed E-state index contributed by atoms with van der Waals surface area (Å²) in [7, 11) is 0. The standard InChI is InChI=1S/C22H22N4O2S/c1-14-19(29-22(24-14)15-7-3-2-4-8-15)21(28)25-17-13-16(20(23)27)9-10-18(17)26-11-5-6-12-26/h2-4,7-10,13H,5-6,11-12H2,1H3,(H2,23,27)(H,25,28). The third-order valence-electron chi connectivity index (χ3n) is 5.00. The Morgan fingerprint density at radius 1 is 1.10 bits per heavy atom. The van der Waals surface area contributed by atoms with Crippen molar-refractivity contribution < 1.29 is 9.59 Å². The minimum Gasteiger partial charge on any atom is -0.370 e. The fraction of sp³-hybridized carbons (Fsp3) is 0.227. The summed E-state index contributed by atoms with van der Waals surface area (Å²) in [5.41, 5.74) is 8.98. The minimum atomic E-state index is -0.520. The number of aromatic nitrogens is 1. The van der Waals surface area contributed by atoms with Gasteiger partial charge in [-0.3, -0.25) is 9.59 Å². The molecule has 6 nitrogen and oxygen atoms in total. The van der Waals surface area contributed by atoms with E-state index in [1.165, 1.54) is 11.3 Å². The summed E-state index contributed by atoms with van der Waals surface area (Å²) >= 11 is 1.36. The maximum Gasteiger partial charge on any atom is 0.267 e. The number of carbonyl (C=O) groups excluding carboxylic acids is 2. The first-order valence-corrected chi connectivity index (χ1v) is 10.4. The lowest BCUT2D eigenvalue weighted by molar-refractivity contribution is 0.0996. The second kappa shape index (κ2) is 8.05. The summed E-state index contributed by atoms with van der Waals surface area (Å²) in [6.45, 7) is 3.69. The SMILES string of the molecule is Cc1nc(-c2ccccc2)sc1C(=O)Nc1cc(C(N)=O)ccc1N1CCCC1. The number of benzene rings is 2. The molecule has 3 N–H and O–H groups in total. The highest BCUT2D eigenvalue weighted by molar-refractivity contribution is 7.17. The Morgan fingerprint density at radius 2 is 1.83 bits per heavy atom. The number of thiazole rings is 1. The molecule has 1 fully saturated rings. The molecule has 0 unspecified atom stereocenters. The number of nitrogens with zero attached hydrogens (tertiary/aromatic N) is 2. The van der Waals surface area contributed by atoms with Gasteiger partial charge in [-0.2, -0.15) is 0 Å². The highest BCUT2D eigenvalue weighted by atomic mass is 32.1. The third-order valence-corrected chi connectivity index (χ3v) is 6.20. The van der Waals surface area contributed by atoms with Crippen LogP contribution in [0.15, 0.2) is 48.5 Å². The molecule has 0 aliphatic carbocycles. The molecule has 1 aliphatic rings. The normalized spacial score (nSPS) is 13.5. The summed E-state index contributed by atoms with van der Waals surface area (Å²) in [5.74, 6) is -0.752. The van der Waals surface area contributed by atoms with Crippen molar-refractivity contribution in [2.45, 2.75) is 19.8 Å². The van der Waals surface area contributed by atoms with Crippen LogP contribution in [-0.4, -0.2) is 29.9 Å². The van der Waals surface area contributed by atoms with E-state index < -0.39 is 5.91 Å². The number of hydrogen-bond acceptors (Lipinski definition) is 5. The molecule has 0 radical (unpaired) electrons. The highest BCUT2D eigenvalue weighted by Gasteiger charge is 2.21. The first kappa shape index (κ1) is 19.1. The van der Waals surface area contributed by atoms with Crippen molar-refractivity contribution in [3.8, 4) is 10.6 Å². The molecule has 29 heavy (non-hydrogen) atoms. The molecule has 1 aliphatic heterocycles. The number of primary amides is 1. The van der Waals surface area contributed by atoms with Crippen molar-refractivity contribution >= 4 is 34.5 Å². The van der Waals surface area contributed by atoms with Gasteiger partial charge in [0.25, 0.3) is 5.91 Å². The Labute approximate surface area is 173 Å². The van der Waals surface area contributed by atoms with E-state index in [0.29, 0.717) is 21.8 Å². The average Bonchev–Trinajstić information content (AvgIpc) is 3.38. The average molecular weight is 407 g/mol. The fourth-order valence-electron chi connectivity index (χ4n) is 3.51. The predicted molar refractivity (Wildman–Crippen MR) is 117 cm³/mol. The second-order valence-electron chi connectivity index (χ2n) is 7.04. The molecule has 3 aromatic rings. The lowest BCUT2D eigenvalue weighted by atomic mass is 10.1. The van der Waals surface area contributed by atoms with Gasteiger partial charge in [0.15, 0.2) is 0 Å². The van der Waals surface area contributed by atoms with Gasteiger partial charge in [0, 0.05) is 24.2 Å². The molecule has 4 rings (SSSR count). The molecule has 2 heterocycles. The van der Waals surface area contributed by atoms with Crippen LogP contribution >= 0.6 is 11.3 Å². The van der Waals surface area contributed by atoms with Crippen molar-refractivity contribution in [2.75, 3.05) is 23.3 Å². The second-order valence-corrected chi connectivity index (χ2v) is 8.04. The van der Waals surface area contributed by atoms with Crippen molar-refractivity contribution in [3.63, 3.8) is 0 Å². The zero-order chi connectivity index (χ0) is 20.4. The van der Waals surface area contributed by atoms with Crippen LogP contribution < -0.4 is 16.0 Å². The van der Waals surface area contributed by atoms with E-state index in [0.717, 1.165) is 42.2 Å². The largest absolute Gasteiger partial charge is 0.370 e.